The maximum Gasteiger partial charge on any atom is 0.408 e. The average Bonchev–Trinajstić information content (AvgIpc) is 3.06. The lowest BCUT2D eigenvalue weighted by Crippen LogP contribution is -2.51. The van der Waals surface area contributed by atoms with Gasteiger partial charge in [-0.25, -0.2) is 9.59 Å². The number of hydrogen-bond acceptors (Lipinski definition) is 5. The van der Waals surface area contributed by atoms with E-state index in [0.717, 1.165) is 22.3 Å². The number of aromatic nitrogens is 2. The second-order valence-electron chi connectivity index (χ2n) is 7.37. The van der Waals surface area contributed by atoms with Gasteiger partial charge in [-0.2, -0.15) is 0 Å². The zero-order chi connectivity index (χ0) is 21.3. The number of fused-ring (bicyclic) bond motifs is 3. The Morgan fingerprint density at radius 3 is 2.17 bits per heavy atom. The summed E-state index contributed by atoms with van der Waals surface area (Å²) in [6, 6.07) is 16.0. The van der Waals surface area contributed by atoms with Crippen molar-refractivity contribution in [3.05, 3.63) is 83.4 Å². The number of aliphatic carboxylic acids is 1. The minimum absolute atomic E-state index is 0.0923. The highest BCUT2D eigenvalue weighted by molar-refractivity contribution is 5.85. The molecule has 1 unspecified atom stereocenters. The van der Waals surface area contributed by atoms with E-state index >= 15 is 0 Å². The number of alkyl carbamates (subject to hydrolysis) is 1. The largest absolute Gasteiger partial charge is 0.479 e. The van der Waals surface area contributed by atoms with E-state index in [1.54, 1.807) is 6.92 Å². The lowest BCUT2D eigenvalue weighted by molar-refractivity contribution is -0.144. The summed E-state index contributed by atoms with van der Waals surface area (Å²) in [5, 5.41) is 12.2. The van der Waals surface area contributed by atoms with Gasteiger partial charge in [0.05, 0.1) is 11.4 Å². The summed E-state index contributed by atoms with van der Waals surface area (Å²) in [6.45, 7) is 3.10. The van der Waals surface area contributed by atoms with E-state index < -0.39 is 17.6 Å². The molecule has 3 aromatic rings. The number of carbonyl (C=O) groups excluding carboxylic acids is 1. The second kappa shape index (κ2) is 7.59. The maximum atomic E-state index is 12.6. The van der Waals surface area contributed by atoms with E-state index in [2.05, 4.69) is 15.3 Å². The molecule has 7 nitrogen and oxygen atoms in total. The SMILES string of the molecule is Cc1nccnc1C(C)(NC(=O)OCC1c2ccccc2-c2ccccc21)C(=O)O. The number of rotatable bonds is 5. The van der Waals surface area contributed by atoms with Gasteiger partial charge in [-0.05, 0) is 36.1 Å². The van der Waals surface area contributed by atoms with Crippen molar-refractivity contribution in [3.8, 4) is 11.1 Å². The van der Waals surface area contributed by atoms with Gasteiger partial charge in [0.25, 0.3) is 0 Å². The van der Waals surface area contributed by atoms with Crippen LogP contribution in [0.3, 0.4) is 0 Å². The van der Waals surface area contributed by atoms with Gasteiger partial charge in [0.15, 0.2) is 5.54 Å². The summed E-state index contributed by atoms with van der Waals surface area (Å²) in [6.07, 6.45) is 2.03. The monoisotopic (exact) mass is 403 g/mol. The molecule has 1 heterocycles. The van der Waals surface area contributed by atoms with Crippen LogP contribution in [0.1, 0.15) is 35.4 Å². The van der Waals surface area contributed by atoms with Crippen molar-refractivity contribution in [1.82, 2.24) is 15.3 Å². The van der Waals surface area contributed by atoms with Crippen LogP contribution in [0.15, 0.2) is 60.9 Å². The van der Waals surface area contributed by atoms with E-state index in [4.69, 9.17) is 4.74 Å². The molecular weight excluding hydrogens is 382 g/mol. The van der Waals surface area contributed by atoms with Gasteiger partial charge < -0.3 is 15.2 Å². The molecule has 0 bridgehead atoms. The quantitative estimate of drug-likeness (QED) is 0.675. The van der Waals surface area contributed by atoms with Gasteiger partial charge in [0.2, 0.25) is 0 Å². The smallest absolute Gasteiger partial charge is 0.408 e. The van der Waals surface area contributed by atoms with Crippen molar-refractivity contribution in [1.29, 1.82) is 0 Å². The van der Waals surface area contributed by atoms with Crippen LogP contribution in [0.5, 0.6) is 0 Å². The van der Waals surface area contributed by atoms with Gasteiger partial charge in [0.1, 0.15) is 6.61 Å². The molecule has 2 aromatic carbocycles. The Morgan fingerprint density at radius 2 is 1.60 bits per heavy atom. The fourth-order valence-electron chi connectivity index (χ4n) is 3.95. The number of carboxylic acids is 1. The molecule has 1 aliphatic rings. The van der Waals surface area contributed by atoms with E-state index in [-0.39, 0.29) is 18.2 Å². The predicted molar refractivity (Wildman–Crippen MR) is 110 cm³/mol. The van der Waals surface area contributed by atoms with Gasteiger partial charge in [0, 0.05) is 18.3 Å². The third-order valence-corrected chi connectivity index (χ3v) is 5.48. The minimum atomic E-state index is -1.76. The molecule has 0 fully saturated rings. The molecule has 2 N–H and O–H groups in total. The molecule has 30 heavy (non-hydrogen) atoms. The first kappa shape index (κ1) is 19.6. The average molecular weight is 403 g/mol. The third-order valence-electron chi connectivity index (χ3n) is 5.48. The van der Waals surface area contributed by atoms with E-state index in [0.29, 0.717) is 5.69 Å². The molecule has 1 aliphatic carbocycles. The third kappa shape index (κ3) is 3.28. The summed E-state index contributed by atoms with van der Waals surface area (Å²) in [4.78, 5) is 32.7. The number of nitrogens with zero attached hydrogens (tertiary/aromatic N) is 2. The molecule has 1 atom stereocenters. The van der Waals surface area contributed by atoms with Crippen LogP contribution in [-0.2, 0) is 15.1 Å². The van der Waals surface area contributed by atoms with Crippen molar-refractivity contribution in [2.24, 2.45) is 0 Å². The number of nitrogens with one attached hydrogen (secondary N) is 1. The zero-order valence-corrected chi connectivity index (χ0v) is 16.6. The zero-order valence-electron chi connectivity index (χ0n) is 16.6. The Bertz CT molecular complexity index is 1090. The first-order chi connectivity index (χ1) is 14.4. The number of benzene rings is 2. The van der Waals surface area contributed by atoms with Crippen LogP contribution in [0.2, 0.25) is 0 Å². The molecule has 0 spiro atoms. The van der Waals surface area contributed by atoms with E-state index in [1.807, 2.05) is 48.5 Å². The topological polar surface area (TPSA) is 101 Å². The normalized spacial score (nSPS) is 14.3. The van der Waals surface area contributed by atoms with Crippen LogP contribution in [0.4, 0.5) is 4.79 Å². The lowest BCUT2D eigenvalue weighted by atomic mass is 9.96. The Labute approximate surface area is 173 Å². The van der Waals surface area contributed by atoms with Crippen LogP contribution >= 0.6 is 0 Å². The summed E-state index contributed by atoms with van der Waals surface area (Å²) in [5.41, 5.74) is 3.21. The fourth-order valence-corrected chi connectivity index (χ4v) is 3.95. The van der Waals surface area contributed by atoms with Crippen LogP contribution < -0.4 is 5.32 Å². The first-order valence-electron chi connectivity index (χ1n) is 9.56. The molecule has 7 heteroatoms. The molecule has 0 saturated carbocycles. The van der Waals surface area contributed by atoms with Crippen LogP contribution in [-0.4, -0.2) is 33.7 Å². The molecule has 0 aliphatic heterocycles. The van der Waals surface area contributed by atoms with Gasteiger partial charge in [-0.3, -0.25) is 9.97 Å². The van der Waals surface area contributed by atoms with Gasteiger partial charge in [-0.15, -0.1) is 0 Å². The number of amides is 1. The Hall–Kier alpha value is -3.74. The number of hydrogen-bond donors (Lipinski definition) is 2. The van der Waals surface area contributed by atoms with Crippen molar-refractivity contribution in [2.75, 3.05) is 6.61 Å². The number of ether oxygens (including phenoxy) is 1. The Morgan fingerprint density at radius 1 is 1.03 bits per heavy atom. The van der Waals surface area contributed by atoms with Crippen molar-refractivity contribution in [2.45, 2.75) is 25.3 Å². The predicted octanol–water partition coefficient (Wildman–Crippen LogP) is 3.62. The standard InChI is InChI=1S/C23H21N3O4/c1-14-20(25-12-11-24-14)23(2,21(27)28)26-22(29)30-13-19-17-9-5-3-7-15(17)16-8-4-6-10-18(16)19/h3-12,19H,13H2,1-2H3,(H,26,29)(H,27,28). The number of carboxylic acid groups (broad SMARTS) is 1. The highest BCUT2D eigenvalue weighted by Crippen LogP contribution is 2.44. The van der Waals surface area contributed by atoms with Crippen LogP contribution in [0, 0.1) is 6.92 Å². The molecule has 1 amide bonds. The number of carbonyl (C=O) groups is 2. The van der Waals surface area contributed by atoms with Crippen molar-refractivity contribution in [3.63, 3.8) is 0 Å². The second-order valence-corrected chi connectivity index (χ2v) is 7.37. The molecule has 1 aromatic heterocycles. The molecule has 4 rings (SSSR count). The van der Waals surface area contributed by atoms with E-state index in [1.165, 1.54) is 19.3 Å². The highest BCUT2D eigenvalue weighted by Gasteiger charge is 2.41. The fraction of sp³-hybridized carbons (Fsp3) is 0.217. The molecule has 0 saturated heterocycles. The van der Waals surface area contributed by atoms with Gasteiger partial charge >= 0.3 is 12.1 Å². The Balaban J connectivity index is 1.54. The molecular formula is C23H21N3O4. The highest BCUT2D eigenvalue weighted by atomic mass is 16.5. The molecule has 0 radical (unpaired) electrons. The summed E-state index contributed by atoms with van der Waals surface area (Å²) < 4.78 is 5.49. The number of aryl methyl sites for hydroxylation is 1. The first-order valence-corrected chi connectivity index (χ1v) is 9.56. The van der Waals surface area contributed by atoms with Crippen LogP contribution in [0.25, 0.3) is 11.1 Å². The van der Waals surface area contributed by atoms with Gasteiger partial charge in [-0.1, -0.05) is 48.5 Å². The lowest BCUT2D eigenvalue weighted by Gasteiger charge is -2.26. The summed E-state index contributed by atoms with van der Waals surface area (Å²) in [7, 11) is 0. The maximum absolute atomic E-state index is 12.6. The van der Waals surface area contributed by atoms with Crippen molar-refractivity contribution >= 4 is 12.1 Å². The Kier molecular flexibility index (Phi) is 4.95. The molecule has 152 valence electrons. The van der Waals surface area contributed by atoms with E-state index in [9.17, 15) is 14.7 Å². The van der Waals surface area contributed by atoms with Crippen molar-refractivity contribution < 1.29 is 19.4 Å². The summed E-state index contributed by atoms with van der Waals surface area (Å²) in [5.74, 6) is -1.36. The summed E-state index contributed by atoms with van der Waals surface area (Å²) >= 11 is 0. The minimum Gasteiger partial charge on any atom is -0.479 e.